The molecule has 0 aliphatic carbocycles. The molecular weight excluding hydrogens is 394 g/mol. The van der Waals surface area contributed by atoms with Gasteiger partial charge in [-0.15, -0.1) is 0 Å². The van der Waals surface area contributed by atoms with Crippen molar-refractivity contribution >= 4 is 17.7 Å². The van der Waals surface area contributed by atoms with E-state index in [4.69, 9.17) is 19.9 Å². The van der Waals surface area contributed by atoms with Crippen LogP contribution >= 0.6 is 0 Å². The maximum absolute atomic E-state index is 11.6. The summed E-state index contributed by atoms with van der Waals surface area (Å²) in [4.78, 5) is 11.6. The number of nitrogen functional groups attached to an aromatic ring is 1. The summed E-state index contributed by atoms with van der Waals surface area (Å²) in [5.74, 6) is 0.320. The van der Waals surface area contributed by atoms with Crippen LogP contribution in [0.25, 0.3) is 6.08 Å². The van der Waals surface area contributed by atoms with Gasteiger partial charge in [-0.05, 0) is 54.8 Å². The van der Waals surface area contributed by atoms with E-state index in [0.717, 1.165) is 36.1 Å². The van der Waals surface area contributed by atoms with Crippen molar-refractivity contribution in [3.8, 4) is 11.5 Å². The Bertz CT molecular complexity index is 845. The van der Waals surface area contributed by atoms with E-state index < -0.39 is 5.97 Å². The minimum absolute atomic E-state index is 0.296. The first kappa shape index (κ1) is 24.3. The molecule has 0 aromatic heterocycles. The minimum Gasteiger partial charge on any atom is -0.490 e. The Hall–Kier alpha value is -2.99. The molecule has 6 nitrogen and oxygen atoms in total. The van der Waals surface area contributed by atoms with Crippen molar-refractivity contribution in [1.82, 2.24) is 0 Å². The van der Waals surface area contributed by atoms with E-state index in [1.165, 1.54) is 0 Å². The van der Waals surface area contributed by atoms with Gasteiger partial charge in [0.2, 0.25) is 0 Å². The Morgan fingerprint density at radius 3 is 2.42 bits per heavy atom. The predicted octanol–water partition coefficient (Wildman–Crippen LogP) is 4.96. The summed E-state index contributed by atoms with van der Waals surface area (Å²) in [5, 5.41) is 9.49. The van der Waals surface area contributed by atoms with Gasteiger partial charge in [-0.2, -0.15) is 0 Å². The van der Waals surface area contributed by atoms with E-state index in [-0.39, 0.29) is 0 Å². The van der Waals surface area contributed by atoms with Crippen LogP contribution < -0.4 is 15.2 Å². The minimum atomic E-state index is -0.947. The molecule has 6 heteroatoms. The number of nitrogens with two attached hydrogens (primary N) is 1. The SMILES string of the molecule is CCCCOc1cc(C=C(CCOCC)C(=O)O)ccc1OCCc1ccc(N)cc1. The summed E-state index contributed by atoms with van der Waals surface area (Å²) in [6, 6.07) is 13.2. The second-order valence-corrected chi connectivity index (χ2v) is 7.17. The number of carboxylic acids is 1. The summed E-state index contributed by atoms with van der Waals surface area (Å²) in [7, 11) is 0. The third kappa shape index (κ3) is 8.72. The van der Waals surface area contributed by atoms with Crippen LogP contribution in [0.2, 0.25) is 0 Å². The van der Waals surface area contributed by atoms with E-state index >= 15 is 0 Å². The van der Waals surface area contributed by atoms with Gasteiger partial charge >= 0.3 is 5.97 Å². The lowest BCUT2D eigenvalue weighted by Gasteiger charge is -2.14. The van der Waals surface area contributed by atoms with Crippen molar-refractivity contribution in [2.24, 2.45) is 0 Å². The Kier molecular flexibility index (Phi) is 10.4. The zero-order valence-electron chi connectivity index (χ0n) is 18.4. The Labute approximate surface area is 184 Å². The smallest absolute Gasteiger partial charge is 0.331 e. The molecule has 2 rings (SSSR count). The molecule has 0 saturated heterocycles. The zero-order chi connectivity index (χ0) is 22.5. The maximum Gasteiger partial charge on any atom is 0.331 e. The van der Waals surface area contributed by atoms with Gasteiger partial charge in [-0.25, -0.2) is 4.79 Å². The van der Waals surface area contributed by atoms with Gasteiger partial charge in [-0.3, -0.25) is 0 Å². The number of anilines is 1. The van der Waals surface area contributed by atoms with Crippen LogP contribution in [0.1, 0.15) is 44.2 Å². The highest BCUT2D eigenvalue weighted by molar-refractivity contribution is 5.92. The second-order valence-electron chi connectivity index (χ2n) is 7.17. The summed E-state index contributed by atoms with van der Waals surface area (Å²) in [6.45, 7) is 6.00. The van der Waals surface area contributed by atoms with E-state index in [1.807, 2.05) is 49.4 Å². The Morgan fingerprint density at radius 2 is 1.74 bits per heavy atom. The van der Waals surface area contributed by atoms with Crippen LogP contribution in [0.3, 0.4) is 0 Å². The second kappa shape index (κ2) is 13.3. The lowest BCUT2D eigenvalue weighted by atomic mass is 10.1. The molecule has 0 atom stereocenters. The molecule has 0 radical (unpaired) electrons. The van der Waals surface area contributed by atoms with Crippen LogP contribution in [-0.2, 0) is 16.0 Å². The molecule has 0 unspecified atom stereocenters. The number of carbonyl (C=O) groups is 1. The van der Waals surface area contributed by atoms with Gasteiger partial charge in [0.05, 0.1) is 19.8 Å². The molecule has 2 aromatic carbocycles. The fourth-order valence-corrected chi connectivity index (χ4v) is 2.90. The number of ether oxygens (including phenoxy) is 3. The number of unbranched alkanes of at least 4 members (excludes halogenated alkanes) is 1. The highest BCUT2D eigenvalue weighted by Crippen LogP contribution is 2.30. The quantitative estimate of drug-likeness (QED) is 0.251. The monoisotopic (exact) mass is 427 g/mol. The molecule has 0 spiro atoms. The van der Waals surface area contributed by atoms with Crippen molar-refractivity contribution < 1.29 is 24.1 Å². The number of aliphatic carboxylic acids is 1. The number of rotatable bonds is 14. The summed E-state index contributed by atoms with van der Waals surface area (Å²) in [6.07, 6.45) is 4.70. The molecule has 0 heterocycles. The molecular formula is C25H33NO5. The zero-order valence-corrected chi connectivity index (χ0v) is 18.4. The van der Waals surface area contributed by atoms with Crippen molar-refractivity contribution in [3.05, 3.63) is 59.2 Å². The van der Waals surface area contributed by atoms with Gasteiger partial charge in [0.1, 0.15) is 0 Å². The number of hydrogen-bond acceptors (Lipinski definition) is 5. The largest absolute Gasteiger partial charge is 0.490 e. The van der Waals surface area contributed by atoms with Crippen molar-refractivity contribution in [1.29, 1.82) is 0 Å². The molecule has 0 bridgehead atoms. The molecule has 31 heavy (non-hydrogen) atoms. The van der Waals surface area contributed by atoms with E-state index in [9.17, 15) is 9.90 Å². The van der Waals surface area contributed by atoms with Gasteiger partial charge in [-0.1, -0.05) is 31.5 Å². The average Bonchev–Trinajstić information content (AvgIpc) is 2.76. The highest BCUT2D eigenvalue weighted by Gasteiger charge is 2.11. The predicted molar refractivity (Wildman–Crippen MR) is 124 cm³/mol. The first-order chi connectivity index (χ1) is 15.0. The fourth-order valence-electron chi connectivity index (χ4n) is 2.90. The van der Waals surface area contributed by atoms with E-state index in [2.05, 4.69) is 6.92 Å². The Morgan fingerprint density at radius 1 is 1.00 bits per heavy atom. The van der Waals surface area contributed by atoms with Crippen LogP contribution in [0.15, 0.2) is 48.0 Å². The third-order valence-electron chi connectivity index (χ3n) is 4.69. The summed E-state index contributed by atoms with van der Waals surface area (Å²) in [5.41, 5.74) is 8.66. The molecule has 3 N–H and O–H groups in total. The molecule has 168 valence electrons. The summed E-state index contributed by atoms with van der Waals surface area (Å²) < 4.78 is 17.2. The van der Waals surface area contributed by atoms with Gasteiger partial charge in [0.15, 0.2) is 11.5 Å². The number of hydrogen-bond donors (Lipinski definition) is 2. The number of carboxylic acid groups (broad SMARTS) is 1. The molecule has 0 fully saturated rings. The van der Waals surface area contributed by atoms with Gasteiger partial charge in [0.25, 0.3) is 0 Å². The normalized spacial score (nSPS) is 11.4. The first-order valence-electron chi connectivity index (χ1n) is 10.8. The van der Waals surface area contributed by atoms with Crippen LogP contribution in [0, 0.1) is 0 Å². The third-order valence-corrected chi connectivity index (χ3v) is 4.69. The van der Waals surface area contributed by atoms with Gasteiger partial charge < -0.3 is 25.1 Å². The maximum atomic E-state index is 11.6. The molecule has 2 aromatic rings. The van der Waals surface area contributed by atoms with Crippen molar-refractivity contribution in [2.45, 2.75) is 39.5 Å². The first-order valence-corrected chi connectivity index (χ1v) is 10.8. The molecule has 0 aliphatic heterocycles. The Balaban J connectivity index is 2.12. The van der Waals surface area contributed by atoms with Crippen LogP contribution in [0.5, 0.6) is 11.5 Å². The molecule has 0 aliphatic rings. The van der Waals surface area contributed by atoms with E-state index in [1.54, 1.807) is 6.08 Å². The van der Waals surface area contributed by atoms with Crippen molar-refractivity contribution in [3.63, 3.8) is 0 Å². The summed E-state index contributed by atoms with van der Waals surface area (Å²) >= 11 is 0. The fraction of sp³-hybridized carbons (Fsp3) is 0.400. The van der Waals surface area contributed by atoms with Crippen molar-refractivity contribution in [2.75, 3.05) is 32.2 Å². The average molecular weight is 428 g/mol. The highest BCUT2D eigenvalue weighted by atomic mass is 16.5. The van der Waals surface area contributed by atoms with Gasteiger partial charge in [0, 0.05) is 30.7 Å². The van der Waals surface area contributed by atoms with Crippen LogP contribution in [-0.4, -0.2) is 37.5 Å². The molecule has 0 saturated carbocycles. The molecule has 0 amide bonds. The lowest BCUT2D eigenvalue weighted by molar-refractivity contribution is -0.132. The number of benzene rings is 2. The topological polar surface area (TPSA) is 91.0 Å². The van der Waals surface area contributed by atoms with Crippen LogP contribution in [0.4, 0.5) is 5.69 Å². The standard InChI is InChI=1S/C25H33NO5/c1-3-5-14-30-24-18-20(17-21(25(27)28)13-15-29-4-2)8-11-23(24)31-16-12-19-6-9-22(26)10-7-19/h6-11,17-18H,3-5,12-16,26H2,1-2H3,(H,27,28). The lowest BCUT2D eigenvalue weighted by Crippen LogP contribution is -2.06. The van der Waals surface area contributed by atoms with E-state index in [0.29, 0.717) is 49.9 Å².